The van der Waals surface area contributed by atoms with Crippen molar-refractivity contribution in [3.63, 3.8) is 0 Å². The second kappa shape index (κ2) is 5.18. The van der Waals surface area contributed by atoms with E-state index in [-0.39, 0.29) is 11.7 Å². The molecule has 2 N–H and O–H groups in total. The molecule has 110 valence electrons. The van der Waals surface area contributed by atoms with Crippen LogP contribution in [0.1, 0.15) is 25.7 Å². The zero-order chi connectivity index (χ0) is 14.2. The van der Waals surface area contributed by atoms with E-state index in [1.54, 1.807) is 0 Å². The highest BCUT2D eigenvalue weighted by Crippen LogP contribution is 2.38. The van der Waals surface area contributed by atoms with Gasteiger partial charge in [0.2, 0.25) is 0 Å². The molecule has 1 aromatic carbocycles. The van der Waals surface area contributed by atoms with Crippen molar-refractivity contribution in [1.82, 2.24) is 0 Å². The fraction of sp³-hybridized carbons (Fsp3) is 0.571. The molecule has 3 rings (SSSR count). The van der Waals surface area contributed by atoms with Crippen molar-refractivity contribution >= 4 is 5.69 Å². The van der Waals surface area contributed by atoms with Crippen LogP contribution in [0.25, 0.3) is 0 Å². The van der Waals surface area contributed by atoms with Gasteiger partial charge in [0.1, 0.15) is 5.82 Å². The average molecular weight is 285 g/mol. The van der Waals surface area contributed by atoms with Crippen LogP contribution in [0.3, 0.4) is 0 Å². The van der Waals surface area contributed by atoms with Gasteiger partial charge in [0.25, 0.3) is 0 Å². The van der Waals surface area contributed by atoms with Gasteiger partial charge in [0.05, 0.1) is 18.9 Å². The van der Waals surface area contributed by atoms with Crippen molar-refractivity contribution in [3.8, 4) is 5.75 Å². The highest BCUT2D eigenvalue weighted by atomic mass is 19.1. The standard InChI is InChI=1S/C14H17F2NO3/c15-9-7-11(16)13(18)12(8-9)17-10-1-3-14(4-2-10)19-5-6-20-14/h7-8,10,17-18H,1-6H2. The maximum Gasteiger partial charge on any atom is 0.175 e. The molecule has 0 unspecified atom stereocenters. The lowest BCUT2D eigenvalue weighted by atomic mass is 9.90. The molecule has 1 saturated carbocycles. The smallest absolute Gasteiger partial charge is 0.175 e. The molecule has 1 aliphatic heterocycles. The quantitative estimate of drug-likeness (QED) is 0.820. The minimum absolute atomic E-state index is 0.0422. The molecule has 1 heterocycles. The Balaban J connectivity index is 1.65. The molecule has 2 fully saturated rings. The van der Waals surface area contributed by atoms with Crippen molar-refractivity contribution in [2.75, 3.05) is 18.5 Å². The highest BCUT2D eigenvalue weighted by molar-refractivity contribution is 5.57. The van der Waals surface area contributed by atoms with Gasteiger partial charge >= 0.3 is 0 Å². The van der Waals surface area contributed by atoms with Crippen LogP contribution >= 0.6 is 0 Å². The van der Waals surface area contributed by atoms with Gasteiger partial charge in [-0.25, -0.2) is 8.78 Å². The molecule has 0 bridgehead atoms. The number of halogens is 2. The summed E-state index contributed by atoms with van der Waals surface area (Å²) in [5.74, 6) is -2.67. The Bertz CT molecular complexity index is 493. The van der Waals surface area contributed by atoms with Crippen LogP contribution in [0.15, 0.2) is 12.1 Å². The van der Waals surface area contributed by atoms with Gasteiger partial charge < -0.3 is 19.9 Å². The number of hydrogen-bond acceptors (Lipinski definition) is 4. The predicted octanol–water partition coefficient (Wildman–Crippen LogP) is 2.77. The third-order valence-corrected chi connectivity index (χ3v) is 3.95. The molecule has 0 radical (unpaired) electrons. The van der Waals surface area contributed by atoms with Crippen LogP contribution in [0.4, 0.5) is 14.5 Å². The first-order chi connectivity index (χ1) is 9.58. The minimum Gasteiger partial charge on any atom is -0.503 e. The first-order valence-electron chi connectivity index (χ1n) is 6.80. The maximum absolute atomic E-state index is 13.3. The summed E-state index contributed by atoms with van der Waals surface area (Å²) in [6.07, 6.45) is 3.00. The molecule has 1 aliphatic carbocycles. The Kier molecular flexibility index (Phi) is 3.52. The van der Waals surface area contributed by atoms with E-state index in [0.29, 0.717) is 19.3 Å². The summed E-state index contributed by atoms with van der Waals surface area (Å²) in [7, 11) is 0. The number of benzene rings is 1. The summed E-state index contributed by atoms with van der Waals surface area (Å²) in [6, 6.07) is 1.81. The van der Waals surface area contributed by atoms with Crippen molar-refractivity contribution in [2.24, 2.45) is 0 Å². The number of phenols is 1. The van der Waals surface area contributed by atoms with E-state index < -0.39 is 23.2 Å². The Morgan fingerprint density at radius 2 is 1.80 bits per heavy atom. The van der Waals surface area contributed by atoms with Gasteiger partial charge in [0, 0.05) is 31.0 Å². The fourth-order valence-electron chi connectivity index (χ4n) is 2.88. The van der Waals surface area contributed by atoms with Gasteiger partial charge in [-0.2, -0.15) is 0 Å². The fourth-order valence-corrected chi connectivity index (χ4v) is 2.88. The maximum atomic E-state index is 13.3. The van der Waals surface area contributed by atoms with E-state index in [9.17, 15) is 13.9 Å². The normalized spacial score (nSPS) is 22.3. The number of anilines is 1. The van der Waals surface area contributed by atoms with Crippen molar-refractivity contribution in [1.29, 1.82) is 0 Å². The van der Waals surface area contributed by atoms with E-state index in [1.165, 1.54) is 0 Å². The third-order valence-electron chi connectivity index (χ3n) is 3.95. The van der Waals surface area contributed by atoms with Crippen LogP contribution < -0.4 is 5.32 Å². The molecule has 1 spiro atoms. The third kappa shape index (κ3) is 2.58. The first kappa shape index (κ1) is 13.6. The SMILES string of the molecule is Oc1c(F)cc(F)cc1NC1CCC2(CC1)OCCO2. The van der Waals surface area contributed by atoms with Crippen molar-refractivity contribution in [2.45, 2.75) is 37.5 Å². The molecule has 2 aliphatic rings. The molecule has 0 aromatic heterocycles. The summed E-state index contributed by atoms with van der Waals surface area (Å²) in [5, 5.41) is 12.6. The molecular formula is C14H17F2NO3. The molecule has 1 saturated heterocycles. The van der Waals surface area contributed by atoms with Crippen molar-refractivity contribution in [3.05, 3.63) is 23.8 Å². The molecule has 4 nitrogen and oxygen atoms in total. The Labute approximate surface area is 115 Å². The lowest BCUT2D eigenvalue weighted by Crippen LogP contribution is -2.39. The van der Waals surface area contributed by atoms with E-state index in [1.807, 2.05) is 0 Å². The van der Waals surface area contributed by atoms with Gasteiger partial charge in [-0.15, -0.1) is 0 Å². The predicted molar refractivity (Wildman–Crippen MR) is 68.5 cm³/mol. The number of ether oxygens (including phenoxy) is 2. The summed E-state index contributed by atoms with van der Waals surface area (Å²) in [5.41, 5.74) is 0.0942. The number of phenolic OH excluding ortho intramolecular Hbond substituents is 1. The molecular weight excluding hydrogens is 268 g/mol. The average Bonchev–Trinajstić information content (AvgIpc) is 2.87. The summed E-state index contributed by atoms with van der Waals surface area (Å²) < 4.78 is 37.7. The topological polar surface area (TPSA) is 50.7 Å². The van der Waals surface area contributed by atoms with E-state index in [0.717, 1.165) is 31.7 Å². The summed E-state index contributed by atoms with van der Waals surface area (Å²) >= 11 is 0. The molecule has 1 aromatic rings. The zero-order valence-corrected chi connectivity index (χ0v) is 11.0. The summed E-state index contributed by atoms with van der Waals surface area (Å²) in [6.45, 7) is 1.24. The van der Waals surface area contributed by atoms with Crippen LogP contribution in [0.2, 0.25) is 0 Å². The monoisotopic (exact) mass is 285 g/mol. The van der Waals surface area contributed by atoms with Gasteiger partial charge in [0.15, 0.2) is 17.4 Å². The van der Waals surface area contributed by atoms with E-state index >= 15 is 0 Å². The molecule has 0 atom stereocenters. The second-order valence-corrected chi connectivity index (χ2v) is 5.31. The van der Waals surface area contributed by atoms with Gasteiger partial charge in [-0.05, 0) is 12.8 Å². The summed E-state index contributed by atoms with van der Waals surface area (Å²) in [4.78, 5) is 0. The Morgan fingerprint density at radius 3 is 2.45 bits per heavy atom. The number of aromatic hydroxyl groups is 1. The highest BCUT2D eigenvalue weighted by Gasteiger charge is 2.40. The Hall–Kier alpha value is -1.40. The van der Waals surface area contributed by atoms with Gasteiger partial charge in [-0.3, -0.25) is 0 Å². The van der Waals surface area contributed by atoms with Gasteiger partial charge in [-0.1, -0.05) is 0 Å². The molecule has 20 heavy (non-hydrogen) atoms. The van der Waals surface area contributed by atoms with Crippen LogP contribution in [-0.2, 0) is 9.47 Å². The van der Waals surface area contributed by atoms with Crippen LogP contribution in [-0.4, -0.2) is 30.1 Å². The molecule has 0 amide bonds. The van der Waals surface area contributed by atoms with Crippen LogP contribution in [0.5, 0.6) is 5.75 Å². The van der Waals surface area contributed by atoms with Crippen molar-refractivity contribution < 1.29 is 23.4 Å². The molecule has 6 heteroatoms. The van der Waals surface area contributed by atoms with E-state index in [2.05, 4.69) is 5.32 Å². The van der Waals surface area contributed by atoms with E-state index in [4.69, 9.17) is 9.47 Å². The lowest BCUT2D eigenvalue weighted by Gasteiger charge is -2.36. The minimum atomic E-state index is -0.956. The number of rotatable bonds is 2. The number of hydrogen-bond donors (Lipinski definition) is 2. The lowest BCUT2D eigenvalue weighted by molar-refractivity contribution is -0.177. The second-order valence-electron chi connectivity index (χ2n) is 5.31. The largest absolute Gasteiger partial charge is 0.503 e. The van der Waals surface area contributed by atoms with Crippen LogP contribution in [0, 0.1) is 11.6 Å². The zero-order valence-electron chi connectivity index (χ0n) is 11.0. The number of nitrogens with one attached hydrogen (secondary N) is 1. The Morgan fingerprint density at radius 1 is 1.15 bits per heavy atom. The first-order valence-corrected chi connectivity index (χ1v) is 6.80.